The summed E-state index contributed by atoms with van der Waals surface area (Å²) in [7, 11) is 1.61. The minimum absolute atomic E-state index is 0.0596. The molecular weight excluding hydrogens is 424 g/mol. The van der Waals surface area contributed by atoms with E-state index in [2.05, 4.69) is 21.2 Å². The summed E-state index contributed by atoms with van der Waals surface area (Å²) in [6.45, 7) is 6.14. The van der Waals surface area contributed by atoms with Gasteiger partial charge < -0.3 is 10.1 Å². The molecule has 1 fully saturated rings. The SMILES string of the molecule is COc1ccc(C)cc1NC(=O)[C@H](c1ccccc1)N1CCN(Cc2ccc(C#N)cc2)CC1. The molecule has 0 spiro atoms. The van der Waals surface area contributed by atoms with Gasteiger partial charge in [0.25, 0.3) is 0 Å². The van der Waals surface area contributed by atoms with Crippen LogP contribution in [0.15, 0.2) is 72.8 Å². The highest BCUT2D eigenvalue weighted by Gasteiger charge is 2.31. The Morgan fingerprint density at radius 1 is 1.03 bits per heavy atom. The van der Waals surface area contributed by atoms with Crippen molar-refractivity contribution >= 4 is 11.6 Å². The van der Waals surface area contributed by atoms with Crippen LogP contribution in [0.25, 0.3) is 0 Å². The Labute approximate surface area is 201 Å². The molecule has 0 saturated carbocycles. The monoisotopic (exact) mass is 454 g/mol. The number of benzene rings is 3. The van der Waals surface area contributed by atoms with Gasteiger partial charge in [-0.1, -0.05) is 48.5 Å². The molecule has 3 aromatic carbocycles. The van der Waals surface area contributed by atoms with E-state index >= 15 is 0 Å². The number of rotatable bonds is 7. The summed E-state index contributed by atoms with van der Waals surface area (Å²) in [5.41, 5.74) is 4.59. The smallest absolute Gasteiger partial charge is 0.246 e. The van der Waals surface area contributed by atoms with Gasteiger partial charge in [-0.2, -0.15) is 5.26 Å². The van der Waals surface area contributed by atoms with Crippen LogP contribution in [0.2, 0.25) is 0 Å². The lowest BCUT2D eigenvalue weighted by Gasteiger charge is -2.39. The number of aryl methyl sites for hydroxylation is 1. The second kappa shape index (κ2) is 11.0. The fourth-order valence-electron chi connectivity index (χ4n) is 4.41. The zero-order chi connectivity index (χ0) is 23.9. The summed E-state index contributed by atoms with van der Waals surface area (Å²) in [5.74, 6) is 0.591. The van der Waals surface area contributed by atoms with Crippen molar-refractivity contribution in [3.05, 3.63) is 95.1 Å². The van der Waals surface area contributed by atoms with E-state index < -0.39 is 0 Å². The van der Waals surface area contributed by atoms with Gasteiger partial charge in [-0.25, -0.2) is 0 Å². The number of piperazine rings is 1. The van der Waals surface area contributed by atoms with E-state index in [4.69, 9.17) is 10.00 Å². The minimum Gasteiger partial charge on any atom is -0.495 e. The summed E-state index contributed by atoms with van der Waals surface area (Å²) in [6.07, 6.45) is 0. The summed E-state index contributed by atoms with van der Waals surface area (Å²) in [4.78, 5) is 18.2. The Hall–Kier alpha value is -3.66. The van der Waals surface area contributed by atoms with E-state index in [-0.39, 0.29) is 11.9 Å². The Bertz CT molecular complexity index is 1150. The first-order valence-electron chi connectivity index (χ1n) is 11.5. The number of hydrogen-bond donors (Lipinski definition) is 1. The normalized spacial score (nSPS) is 15.3. The quantitative estimate of drug-likeness (QED) is 0.574. The molecule has 1 saturated heterocycles. The molecule has 0 unspecified atom stereocenters. The van der Waals surface area contributed by atoms with Gasteiger partial charge in [0, 0.05) is 32.7 Å². The van der Waals surface area contributed by atoms with Crippen molar-refractivity contribution in [1.82, 2.24) is 9.80 Å². The average molecular weight is 455 g/mol. The molecule has 1 N–H and O–H groups in total. The molecule has 1 aliphatic heterocycles. The second-order valence-corrected chi connectivity index (χ2v) is 8.63. The molecule has 0 bridgehead atoms. The van der Waals surface area contributed by atoms with E-state index in [1.165, 1.54) is 5.56 Å². The van der Waals surface area contributed by atoms with E-state index in [1.807, 2.05) is 79.7 Å². The second-order valence-electron chi connectivity index (χ2n) is 8.63. The van der Waals surface area contributed by atoms with Crippen LogP contribution < -0.4 is 10.1 Å². The number of methoxy groups -OCH3 is 1. The first kappa shape index (κ1) is 23.5. The molecule has 34 heavy (non-hydrogen) atoms. The number of nitrogens with zero attached hydrogens (tertiary/aromatic N) is 3. The lowest BCUT2D eigenvalue weighted by atomic mass is 10.0. The highest BCUT2D eigenvalue weighted by atomic mass is 16.5. The van der Waals surface area contributed by atoms with Crippen LogP contribution in [0.5, 0.6) is 5.75 Å². The molecule has 0 aliphatic carbocycles. The van der Waals surface area contributed by atoms with Crippen molar-refractivity contribution in [2.75, 3.05) is 38.6 Å². The van der Waals surface area contributed by atoms with E-state index in [1.54, 1.807) is 7.11 Å². The third kappa shape index (κ3) is 5.63. The Morgan fingerprint density at radius 3 is 2.38 bits per heavy atom. The fourth-order valence-corrected chi connectivity index (χ4v) is 4.41. The molecule has 1 aliphatic rings. The van der Waals surface area contributed by atoms with Crippen molar-refractivity contribution in [3.63, 3.8) is 0 Å². The van der Waals surface area contributed by atoms with Crippen molar-refractivity contribution in [3.8, 4) is 11.8 Å². The first-order chi connectivity index (χ1) is 16.6. The number of carbonyl (C=O) groups excluding carboxylic acids is 1. The number of anilines is 1. The maximum absolute atomic E-state index is 13.6. The predicted molar refractivity (Wildman–Crippen MR) is 134 cm³/mol. The van der Waals surface area contributed by atoms with Gasteiger partial charge in [-0.15, -0.1) is 0 Å². The Balaban J connectivity index is 1.47. The molecule has 1 amide bonds. The van der Waals surface area contributed by atoms with Gasteiger partial charge in [-0.05, 0) is 47.9 Å². The third-order valence-corrected chi connectivity index (χ3v) is 6.24. The maximum atomic E-state index is 13.6. The van der Waals surface area contributed by atoms with E-state index in [0.717, 1.165) is 43.9 Å². The molecule has 0 aromatic heterocycles. The predicted octanol–water partition coefficient (Wildman–Crippen LogP) is 4.37. The zero-order valence-corrected chi connectivity index (χ0v) is 19.7. The van der Waals surface area contributed by atoms with Gasteiger partial charge in [0.15, 0.2) is 0 Å². The average Bonchev–Trinajstić information content (AvgIpc) is 2.86. The lowest BCUT2D eigenvalue weighted by molar-refractivity contribution is -0.122. The molecule has 6 heteroatoms. The van der Waals surface area contributed by atoms with Crippen LogP contribution in [0.4, 0.5) is 5.69 Å². The van der Waals surface area contributed by atoms with Crippen LogP contribution in [0.1, 0.15) is 28.3 Å². The van der Waals surface area contributed by atoms with Crippen molar-refractivity contribution in [2.45, 2.75) is 19.5 Å². The van der Waals surface area contributed by atoms with Gasteiger partial charge >= 0.3 is 0 Å². The summed E-state index contributed by atoms with van der Waals surface area (Å²) in [6, 6.07) is 25.3. The molecule has 0 radical (unpaired) electrons. The molecule has 4 rings (SSSR count). The van der Waals surface area contributed by atoms with Crippen LogP contribution >= 0.6 is 0 Å². The number of hydrogen-bond acceptors (Lipinski definition) is 5. The van der Waals surface area contributed by atoms with E-state index in [0.29, 0.717) is 17.0 Å². The van der Waals surface area contributed by atoms with Crippen LogP contribution in [-0.4, -0.2) is 49.0 Å². The summed E-state index contributed by atoms with van der Waals surface area (Å²) >= 11 is 0. The van der Waals surface area contributed by atoms with Crippen molar-refractivity contribution in [2.24, 2.45) is 0 Å². The standard InChI is InChI=1S/C28H30N4O2/c1-21-8-13-26(34-2)25(18-21)30-28(33)27(24-6-4-3-5-7-24)32-16-14-31(15-17-32)20-23-11-9-22(19-29)10-12-23/h3-13,18,27H,14-17,20H2,1-2H3,(H,30,33)/t27-/m0/s1. The molecule has 1 atom stereocenters. The molecular formula is C28H30N4O2. The van der Waals surface area contributed by atoms with Crippen molar-refractivity contribution < 1.29 is 9.53 Å². The number of nitriles is 1. The molecule has 1 heterocycles. The van der Waals surface area contributed by atoms with Crippen LogP contribution in [0.3, 0.4) is 0 Å². The van der Waals surface area contributed by atoms with Gasteiger partial charge in [0.05, 0.1) is 24.4 Å². The fraction of sp³-hybridized carbons (Fsp3) is 0.286. The number of carbonyl (C=O) groups is 1. The number of ether oxygens (including phenoxy) is 1. The highest BCUT2D eigenvalue weighted by Crippen LogP contribution is 2.29. The molecule has 174 valence electrons. The van der Waals surface area contributed by atoms with Gasteiger partial charge in [0.2, 0.25) is 5.91 Å². The molecule has 3 aromatic rings. The largest absolute Gasteiger partial charge is 0.495 e. The van der Waals surface area contributed by atoms with Crippen LogP contribution in [0, 0.1) is 18.3 Å². The summed E-state index contributed by atoms with van der Waals surface area (Å²) < 4.78 is 5.46. The van der Waals surface area contributed by atoms with Gasteiger partial charge in [-0.3, -0.25) is 14.6 Å². The number of amides is 1. The maximum Gasteiger partial charge on any atom is 0.246 e. The third-order valence-electron chi connectivity index (χ3n) is 6.24. The van der Waals surface area contributed by atoms with Crippen molar-refractivity contribution in [1.29, 1.82) is 5.26 Å². The van der Waals surface area contributed by atoms with Gasteiger partial charge in [0.1, 0.15) is 11.8 Å². The summed E-state index contributed by atoms with van der Waals surface area (Å²) in [5, 5.41) is 12.1. The van der Waals surface area contributed by atoms with E-state index in [9.17, 15) is 4.79 Å². The topological polar surface area (TPSA) is 68.6 Å². The minimum atomic E-state index is -0.386. The highest BCUT2D eigenvalue weighted by molar-refractivity contribution is 5.96. The first-order valence-corrected chi connectivity index (χ1v) is 11.5. The lowest BCUT2D eigenvalue weighted by Crippen LogP contribution is -2.49. The zero-order valence-electron chi connectivity index (χ0n) is 19.7. The Morgan fingerprint density at radius 2 is 1.74 bits per heavy atom. The Kier molecular flexibility index (Phi) is 7.58. The number of nitrogens with one attached hydrogen (secondary N) is 1. The van der Waals surface area contributed by atoms with Crippen LogP contribution in [-0.2, 0) is 11.3 Å². The molecule has 6 nitrogen and oxygen atoms in total.